The highest BCUT2D eigenvalue weighted by Crippen LogP contribution is 2.21. The molecule has 0 bridgehead atoms. The molecule has 2 heterocycles. The molecule has 0 fully saturated rings. The van der Waals surface area contributed by atoms with E-state index in [1.54, 1.807) is 0 Å². The van der Waals surface area contributed by atoms with Crippen molar-refractivity contribution in [2.24, 2.45) is 0 Å². The number of imidazole rings is 1. The Balaban J connectivity index is 1.79. The minimum absolute atomic E-state index is 0.0496. The van der Waals surface area contributed by atoms with Crippen LogP contribution in [0.1, 0.15) is 5.01 Å². The van der Waals surface area contributed by atoms with Gasteiger partial charge in [-0.3, -0.25) is 0 Å². The van der Waals surface area contributed by atoms with Crippen molar-refractivity contribution in [3.63, 3.8) is 0 Å². The Labute approximate surface area is 113 Å². The van der Waals surface area contributed by atoms with E-state index in [4.69, 9.17) is 0 Å². The molecule has 0 spiro atoms. The molecular formula is C11H10N4O2S2. The van der Waals surface area contributed by atoms with Crippen LogP contribution in [0, 0.1) is 0 Å². The number of nitrogens with zero attached hydrogens (tertiary/aromatic N) is 2. The van der Waals surface area contributed by atoms with Gasteiger partial charge in [-0.2, -0.15) is 0 Å². The summed E-state index contributed by atoms with van der Waals surface area (Å²) in [7, 11) is -3.55. The average molecular weight is 294 g/mol. The van der Waals surface area contributed by atoms with E-state index in [9.17, 15) is 8.42 Å². The predicted octanol–water partition coefficient (Wildman–Crippen LogP) is 1.50. The number of thiazole rings is 1. The monoisotopic (exact) mass is 294 g/mol. The third kappa shape index (κ3) is 2.50. The van der Waals surface area contributed by atoms with E-state index in [2.05, 4.69) is 19.7 Å². The number of nitrogens with one attached hydrogen (secondary N) is 2. The van der Waals surface area contributed by atoms with Crippen molar-refractivity contribution in [2.45, 2.75) is 11.6 Å². The summed E-state index contributed by atoms with van der Waals surface area (Å²) < 4.78 is 27.3. The van der Waals surface area contributed by atoms with E-state index in [1.807, 2.05) is 24.3 Å². The molecule has 3 aromatic rings. The summed E-state index contributed by atoms with van der Waals surface area (Å²) in [6.07, 6.45) is 2.59. The molecule has 0 aliphatic carbocycles. The molecule has 0 aliphatic heterocycles. The van der Waals surface area contributed by atoms with Crippen LogP contribution in [0.15, 0.2) is 41.8 Å². The molecule has 0 aliphatic rings. The van der Waals surface area contributed by atoms with Crippen LogP contribution in [-0.4, -0.2) is 23.4 Å². The molecule has 19 heavy (non-hydrogen) atoms. The molecule has 2 aromatic heterocycles. The summed E-state index contributed by atoms with van der Waals surface area (Å²) in [5, 5.41) is 0.776. The summed E-state index contributed by atoms with van der Waals surface area (Å²) >= 11 is 1.47. The average Bonchev–Trinajstić information content (AvgIpc) is 3.05. The number of hydrogen-bond acceptors (Lipinski definition) is 5. The minimum atomic E-state index is -3.55. The van der Waals surface area contributed by atoms with Crippen molar-refractivity contribution in [3.8, 4) is 0 Å². The zero-order valence-electron chi connectivity index (χ0n) is 9.70. The fourth-order valence-electron chi connectivity index (χ4n) is 1.62. The lowest BCUT2D eigenvalue weighted by Gasteiger charge is -2.01. The summed E-state index contributed by atoms with van der Waals surface area (Å²) in [6.45, 7) is 0.167. The summed E-state index contributed by atoms with van der Waals surface area (Å²) in [5.41, 5.74) is 0.878. The van der Waals surface area contributed by atoms with Gasteiger partial charge in [0.05, 0.1) is 29.3 Å². The molecule has 0 atom stereocenters. The number of fused-ring (bicyclic) bond motifs is 1. The molecule has 2 N–H and O–H groups in total. The van der Waals surface area contributed by atoms with Crippen LogP contribution in [0.4, 0.5) is 0 Å². The van der Waals surface area contributed by atoms with Crippen LogP contribution in [0.25, 0.3) is 10.2 Å². The van der Waals surface area contributed by atoms with Crippen LogP contribution >= 0.6 is 11.3 Å². The number of hydrogen-bond donors (Lipinski definition) is 2. The molecule has 0 unspecified atom stereocenters. The SMILES string of the molecule is O=S(=O)(NCc1nc2ccccc2s1)c1cnc[nH]1. The Morgan fingerprint density at radius 1 is 1.32 bits per heavy atom. The maximum Gasteiger partial charge on any atom is 0.257 e. The van der Waals surface area contributed by atoms with Crippen LogP contribution in [0.3, 0.4) is 0 Å². The summed E-state index contributed by atoms with van der Waals surface area (Å²) in [5.74, 6) is 0. The molecule has 0 saturated carbocycles. The number of aromatic nitrogens is 3. The summed E-state index contributed by atoms with van der Waals surface area (Å²) in [6, 6.07) is 7.69. The highest BCUT2D eigenvalue weighted by Gasteiger charge is 2.15. The third-order valence-corrected chi connectivity index (χ3v) is 4.88. The maximum atomic E-state index is 11.9. The van der Waals surface area contributed by atoms with Crippen LogP contribution < -0.4 is 4.72 Å². The molecular weight excluding hydrogens is 284 g/mol. The number of benzene rings is 1. The van der Waals surface area contributed by atoms with Crippen molar-refractivity contribution in [2.75, 3.05) is 0 Å². The van der Waals surface area contributed by atoms with Gasteiger partial charge in [0.25, 0.3) is 10.0 Å². The standard InChI is InChI=1S/C11H10N4O2S2/c16-19(17,11-6-12-7-13-11)14-5-10-15-8-3-1-2-4-9(8)18-10/h1-4,6-7,14H,5H2,(H,12,13). The van der Waals surface area contributed by atoms with Gasteiger partial charge in [0.15, 0.2) is 5.03 Å². The van der Waals surface area contributed by atoms with Gasteiger partial charge >= 0.3 is 0 Å². The van der Waals surface area contributed by atoms with Crippen LogP contribution in [0.2, 0.25) is 0 Å². The molecule has 3 rings (SSSR count). The molecule has 0 saturated heterocycles. The Kier molecular flexibility index (Phi) is 3.05. The number of aromatic amines is 1. The van der Waals surface area contributed by atoms with Crippen molar-refractivity contribution >= 4 is 31.6 Å². The van der Waals surface area contributed by atoms with Gasteiger partial charge in [-0.25, -0.2) is 23.1 Å². The van der Waals surface area contributed by atoms with E-state index >= 15 is 0 Å². The fourth-order valence-corrected chi connectivity index (χ4v) is 3.51. The van der Waals surface area contributed by atoms with Gasteiger partial charge in [0.1, 0.15) is 5.01 Å². The van der Waals surface area contributed by atoms with E-state index < -0.39 is 10.0 Å². The molecule has 0 radical (unpaired) electrons. The number of H-pyrrole nitrogens is 1. The van der Waals surface area contributed by atoms with E-state index in [0.29, 0.717) is 0 Å². The lowest BCUT2D eigenvalue weighted by molar-refractivity contribution is 0.578. The van der Waals surface area contributed by atoms with Gasteiger partial charge in [-0.1, -0.05) is 12.1 Å². The Hall–Kier alpha value is -1.77. The predicted molar refractivity (Wildman–Crippen MR) is 72.2 cm³/mol. The van der Waals surface area contributed by atoms with Gasteiger partial charge in [0.2, 0.25) is 0 Å². The number of para-hydroxylation sites is 1. The maximum absolute atomic E-state index is 11.9. The van der Waals surface area contributed by atoms with Crippen LogP contribution in [0.5, 0.6) is 0 Å². The third-order valence-electron chi connectivity index (χ3n) is 2.51. The second kappa shape index (κ2) is 4.72. The fraction of sp³-hybridized carbons (Fsp3) is 0.0909. The van der Waals surface area contributed by atoms with Gasteiger partial charge in [0, 0.05) is 0 Å². The highest BCUT2D eigenvalue weighted by molar-refractivity contribution is 7.89. The molecule has 8 heteroatoms. The van der Waals surface area contributed by atoms with Gasteiger partial charge < -0.3 is 4.98 Å². The van der Waals surface area contributed by atoms with Gasteiger partial charge in [-0.05, 0) is 12.1 Å². The van der Waals surface area contributed by atoms with Crippen molar-refractivity contribution in [1.29, 1.82) is 0 Å². The smallest absolute Gasteiger partial charge is 0.257 e. The number of rotatable bonds is 4. The zero-order chi connectivity index (χ0) is 13.3. The molecule has 1 aromatic carbocycles. The van der Waals surface area contributed by atoms with E-state index in [-0.39, 0.29) is 11.6 Å². The highest BCUT2D eigenvalue weighted by atomic mass is 32.2. The van der Waals surface area contributed by atoms with E-state index in [0.717, 1.165) is 15.2 Å². The minimum Gasteiger partial charge on any atom is -0.335 e. The second-order valence-corrected chi connectivity index (χ2v) is 6.67. The number of sulfonamides is 1. The largest absolute Gasteiger partial charge is 0.335 e. The first-order valence-electron chi connectivity index (χ1n) is 5.48. The lowest BCUT2D eigenvalue weighted by atomic mass is 10.3. The first-order valence-corrected chi connectivity index (χ1v) is 7.77. The van der Waals surface area contributed by atoms with Crippen LogP contribution in [-0.2, 0) is 16.6 Å². The second-order valence-electron chi connectivity index (χ2n) is 3.82. The quantitative estimate of drug-likeness (QED) is 0.763. The van der Waals surface area contributed by atoms with Crippen molar-refractivity contribution in [3.05, 3.63) is 41.8 Å². The first-order chi connectivity index (χ1) is 9.15. The Morgan fingerprint density at radius 2 is 2.16 bits per heavy atom. The molecule has 98 valence electrons. The van der Waals surface area contributed by atoms with Crippen molar-refractivity contribution < 1.29 is 8.42 Å². The normalized spacial score (nSPS) is 12.0. The van der Waals surface area contributed by atoms with E-state index in [1.165, 1.54) is 23.9 Å². The Bertz CT molecular complexity index is 760. The lowest BCUT2D eigenvalue weighted by Crippen LogP contribution is -2.23. The topological polar surface area (TPSA) is 87.7 Å². The first kappa shape index (κ1) is 12.3. The zero-order valence-corrected chi connectivity index (χ0v) is 11.3. The molecule has 6 nitrogen and oxygen atoms in total. The molecule has 0 amide bonds. The Morgan fingerprint density at radius 3 is 2.89 bits per heavy atom. The van der Waals surface area contributed by atoms with Gasteiger partial charge in [-0.15, -0.1) is 11.3 Å². The van der Waals surface area contributed by atoms with Crippen molar-refractivity contribution in [1.82, 2.24) is 19.7 Å². The summed E-state index contributed by atoms with van der Waals surface area (Å²) in [4.78, 5) is 10.6.